The minimum absolute atomic E-state index is 0.189. The Morgan fingerprint density at radius 3 is 2.83 bits per heavy atom. The number of aryl methyl sites for hydroxylation is 1. The van der Waals surface area contributed by atoms with E-state index in [1.807, 2.05) is 26.0 Å². The first-order chi connectivity index (χ1) is 8.56. The number of rotatable bonds is 5. The van der Waals surface area contributed by atoms with Crippen LogP contribution in [0.5, 0.6) is 0 Å². The van der Waals surface area contributed by atoms with E-state index in [4.69, 9.17) is 16.3 Å². The molecule has 0 heterocycles. The normalized spacial score (nSPS) is 10.2. The van der Waals surface area contributed by atoms with Gasteiger partial charge in [-0.2, -0.15) is 0 Å². The molecule has 0 bridgehead atoms. The lowest BCUT2D eigenvalue weighted by Crippen LogP contribution is -2.34. The predicted molar refractivity (Wildman–Crippen MR) is 74.3 cm³/mol. The van der Waals surface area contributed by atoms with Crippen LogP contribution in [0.15, 0.2) is 18.2 Å². The molecule has 2 amide bonds. The third-order valence-electron chi connectivity index (χ3n) is 2.58. The molecule has 0 aromatic heterocycles. The summed E-state index contributed by atoms with van der Waals surface area (Å²) >= 11 is 6.05. The summed E-state index contributed by atoms with van der Waals surface area (Å²) < 4.78 is 5.20. The minimum Gasteiger partial charge on any atom is -0.380 e. The van der Waals surface area contributed by atoms with E-state index in [1.54, 1.807) is 18.0 Å². The van der Waals surface area contributed by atoms with Crippen molar-refractivity contribution in [3.8, 4) is 0 Å². The Hall–Kier alpha value is -1.26. The number of urea groups is 1. The fourth-order valence-corrected chi connectivity index (χ4v) is 1.71. The molecule has 0 radical (unpaired) electrons. The van der Waals surface area contributed by atoms with Gasteiger partial charge in [-0.25, -0.2) is 4.79 Å². The topological polar surface area (TPSA) is 41.6 Å². The number of anilines is 1. The number of hydrogen-bond acceptors (Lipinski definition) is 2. The number of carbonyl (C=O) groups is 1. The van der Waals surface area contributed by atoms with E-state index in [0.717, 1.165) is 5.56 Å². The van der Waals surface area contributed by atoms with Crippen molar-refractivity contribution in [2.24, 2.45) is 0 Å². The molecule has 0 aliphatic carbocycles. The summed E-state index contributed by atoms with van der Waals surface area (Å²) in [6, 6.07) is 5.32. The van der Waals surface area contributed by atoms with Crippen molar-refractivity contribution in [1.29, 1.82) is 0 Å². The maximum Gasteiger partial charge on any atom is 0.321 e. The van der Waals surface area contributed by atoms with Crippen molar-refractivity contribution >= 4 is 23.3 Å². The lowest BCUT2D eigenvalue weighted by atomic mass is 10.2. The van der Waals surface area contributed by atoms with Crippen molar-refractivity contribution in [1.82, 2.24) is 4.90 Å². The number of benzene rings is 1. The van der Waals surface area contributed by atoms with Crippen LogP contribution >= 0.6 is 11.6 Å². The number of amides is 2. The van der Waals surface area contributed by atoms with Crippen LogP contribution in [0.3, 0.4) is 0 Å². The fourth-order valence-electron chi connectivity index (χ4n) is 1.44. The van der Waals surface area contributed by atoms with E-state index in [-0.39, 0.29) is 6.03 Å². The Morgan fingerprint density at radius 2 is 2.22 bits per heavy atom. The van der Waals surface area contributed by atoms with Crippen molar-refractivity contribution in [3.63, 3.8) is 0 Å². The van der Waals surface area contributed by atoms with Gasteiger partial charge in [0.25, 0.3) is 0 Å². The molecule has 0 saturated carbocycles. The molecule has 1 rings (SSSR count). The van der Waals surface area contributed by atoms with Gasteiger partial charge in [-0.15, -0.1) is 0 Å². The minimum atomic E-state index is -0.189. The zero-order chi connectivity index (χ0) is 13.5. The number of likely N-dealkylation sites (N-methyl/N-ethyl adjacent to an activating group) is 1. The Kier molecular flexibility index (Phi) is 5.95. The van der Waals surface area contributed by atoms with Gasteiger partial charge in [-0.05, 0) is 25.5 Å². The maximum atomic E-state index is 11.9. The quantitative estimate of drug-likeness (QED) is 0.835. The van der Waals surface area contributed by atoms with E-state index in [9.17, 15) is 4.79 Å². The standard InChI is InChI=1S/C13H19ClN2O2/c1-4-18-9-8-16(3)13(17)15-12-10(2)6-5-7-11(12)14/h5-7H,4,8-9H2,1-3H3,(H,15,17). The van der Waals surface area contributed by atoms with Crippen LogP contribution in [0.4, 0.5) is 10.5 Å². The lowest BCUT2D eigenvalue weighted by Gasteiger charge is -2.19. The molecule has 1 aromatic carbocycles. The monoisotopic (exact) mass is 270 g/mol. The van der Waals surface area contributed by atoms with Gasteiger partial charge in [0.05, 0.1) is 17.3 Å². The smallest absolute Gasteiger partial charge is 0.321 e. The molecule has 0 atom stereocenters. The zero-order valence-electron chi connectivity index (χ0n) is 11.0. The second-order valence-electron chi connectivity index (χ2n) is 3.98. The van der Waals surface area contributed by atoms with Crippen LogP contribution in [-0.4, -0.2) is 37.7 Å². The SMILES string of the molecule is CCOCCN(C)C(=O)Nc1c(C)cccc1Cl. The van der Waals surface area contributed by atoms with E-state index in [0.29, 0.717) is 30.5 Å². The van der Waals surface area contributed by atoms with Gasteiger partial charge in [0, 0.05) is 20.2 Å². The summed E-state index contributed by atoms with van der Waals surface area (Å²) in [6.07, 6.45) is 0. The van der Waals surface area contributed by atoms with Gasteiger partial charge in [0.2, 0.25) is 0 Å². The van der Waals surface area contributed by atoms with Crippen molar-refractivity contribution in [2.75, 3.05) is 32.1 Å². The van der Waals surface area contributed by atoms with Crippen LogP contribution < -0.4 is 5.32 Å². The third-order valence-corrected chi connectivity index (χ3v) is 2.89. The second-order valence-corrected chi connectivity index (χ2v) is 4.39. The van der Waals surface area contributed by atoms with E-state index in [2.05, 4.69) is 5.32 Å². The van der Waals surface area contributed by atoms with Crippen LogP contribution in [0.1, 0.15) is 12.5 Å². The number of carbonyl (C=O) groups excluding carboxylic acids is 1. The van der Waals surface area contributed by atoms with Crippen molar-refractivity contribution in [3.05, 3.63) is 28.8 Å². The van der Waals surface area contributed by atoms with Crippen LogP contribution in [-0.2, 0) is 4.74 Å². The first kappa shape index (κ1) is 14.8. The molecule has 0 aliphatic heterocycles. The van der Waals surface area contributed by atoms with Crippen LogP contribution in [0.2, 0.25) is 5.02 Å². The number of nitrogens with one attached hydrogen (secondary N) is 1. The number of para-hydroxylation sites is 1. The number of nitrogens with zero attached hydrogens (tertiary/aromatic N) is 1. The van der Waals surface area contributed by atoms with Gasteiger partial charge >= 0.3 is 6.03 Å². The molecule has 18 heavy (non-hydrogen) atoms. The highest BCUT2D eigenvalue weighted by Gasteiger charge is 2.11. The molecule has 0 spiro atoms. The highest BCUT2D eigenvalue weighted by molar-refractivity contribution is 6.33. The number of ether oxygens (including phenoxy) is 1. The molecule has 1 N–H and O–H groups in total. The summed E-state index contributed by atoms with van der Waals surface area (Å²) in [5, 5.41) is 3.35. The van der Waals surface area contributed by atoms with Gasteiger partial charge in [-0.1, -0.05) is 23.7 Å². The second kappa shape index (κ2) is 7.24. The largest absolute Gasteiger partial charge is 0.380 e. The summed E-state index contributed by atoms with van der Waals surface area (Å²) in [5.41, 5.74) is 1.60. The average Bonchev–Trinajstić information content (AvgIpc) is 2.34. The highest BCUT2D eigenvalue weighted by Crippen LogP contribution is 2.25. The Labute approximate surface area is 113 Å². The van der Waals surface area contributed by atoms with Gasteiger partial charge in [0.15, 0.2) is 0 Å². The molecule has 0 aliphatic rings. The molecule has 100 valence electrons. The van der Waals surface area contributed by atoms with Crippen molar-refractivity contribution < 1.29 is 9.53 Å². The number of halogens is 1. The van der Waals surface area contributed by atoms with Crippen LogP contribution in [0.25, 0.3) is 0 Å². The Bertz CT molecular complexity index is 390. The van der Waals surface area contributed by atoms with Gasteiger partial charge in [0.1, 0.15) is 0 Å². The molecule has 0 saturated heterocycles. The number of hydrogen-bond donors (Lipinski definition) is 1. The first-order valence-corrected chi connectivity index (χ1v) is 6.29. The molecule has 0 unspecified atom stereocenters. The summed E-state index contributed by atoms with van der Waals surface area (Å²) in [4.78, 5) is 13.5. The highest BCUT2D eigenvalue weighted by atomic mass is 35.5. The third kappa shape index (κ3) is 4.20. The summed E-state index contributed by atoms with van der Waals surface area (Å²) in [7, 11) is 1.72. The molecule has 1 aromatic rings. The lowest BCUT2D eigenvalue weighted by molar-refractivity contribution is 0.128. The maximum absolute atomic E-state index is 11.9. The van der Waals surface area contributed by atoms with E-state index >= 15 is 0 Å². The van der Waals surface area contributed by atoms with Gasteiger partial charge in [-0.3, -0.25) is 0 Å². The predicted octanol–water partition coefficient (Wildman–Crippen LogP) is 3.15. The molecule has 0 fully saturated rings. The zero-order valence-corrected chi connectivity index (χ0v) is 11.8. The Morgan fingerprint density at radius 1 is 1.50 bits per heavy atom. The summed E-state index contributed by atoms with van der Waals surface area (Å²) in [5.74, 6) is 0. The van der Waals surface area contributed by atoms with Gasteiger partial charge < -0.3 is 15.0 Å². The first-order valence-electron chi connectivity index (χ1n) is 5.91. The van der Waals surface area contributed by atoms with Crippen molar-refractivity contribution in [2.45, 2.75) is 13.8 Å². The van der Waals surface area contributed by atoms with Crippen LogP contribution in [0, 0.1) is 6.92 Å². The van der Waals surface area contributed by atoms with E-state index in [1.165, 1.54) is 0 Å². The molecular weight excluding hydrogens is 252 g/mol. The fraction of sp³-hybridized carbons (Fsp3) is 0.462. The summed E-state index contributed by atoms with van der Waals surface area (Å²) in [6.45, 7) is 5.55. The molecule has 4 nitrogen and oxygen atoms in total. The molecular formula is C13H19ClN2O2. The average molecular weight is 271 g/mol. The Balaban J connectivity index is 2.58. The van der Waals surface area contributed by atoms with E-state index < -0.39 is 0 Å². The molecule has 5 heteroatoms.